The molecular formula is C16H21N3O2. The highest BCUT2D eigenvalue weighted by molar-refractivity contribution is 5.94. The summed E-state index contributed by atoms with van der Waals surface area (Å²) in [4.78, 5) is 25.7. The number of carbonyl (C=O) groups excluding carboxylic acids is 2. The van der Waals surface area contributed by atoms with Crippen molar-refractivity contribution in [1.29, 1.82) is 0 Å². The van der Waals surface area contributed by atoms with E-state index in [1.165, 1.54) is 0 Å². The molecule has 2 amide bonds. The molecule has 0 spiro atoms. The van der Waals surface area contributed by atoms with E-state index in [2.05, 4.69) is 35.4 Å². The standard InChI is InChI=1S/C9H14N2O2.C7H7N/c1-6(2)8(12)10-5-11-9(13)7(3)4;1-2-7-3-5-8-6-4-7/h1,3,5H2,2,4H3,(H,10,12)(H,11,13);2-6H,1H2. The van der Waals surface area contributed by atoms with E-state index in [4.69, 9.17) is 0 Å². The van der Waals surface area contributed by atoms with Gasteiger partial charge in [0.25, 0.3) is 0 Å². The Bertz CT molecular complexity index is 496. The smallest absolute Gasteiger partial charge is 0.247 e. The van der Waals surface area contributed by atoms with E-state index in [1.54, 1.807) is 32.3 Å². The summed E-state index contributed by atoms with van der Waals surface area (Å²) in [6.07, 6.45) is 5.29. The van der Waals surface area contributed by atoms with Gasteiger partial charge in [0, 0.05) is 23.5 Å². The number of hydrogen-bond acceptors (Lipinski definition) is 3. The van der Waals surface area contributed by atoms with Gasteiger partial charge >= 0.3 is 0 Å². The highest BCUT2D eigenvalue weighted by Crippen LogP contribution is 1.95. The molecule has 0 fully saturated rings. The normalized spacial score (nSPS) is 8.67. The summed E-state index contributed by atoms with van der Waals surface area (Å²) in [7, 11) is 0. The zero-order valence-corrected chi connectivity index (χ0v) is 12.5. The minimum atomic E-state index is -0.276. The molecular weight excluding hydrogens is 266 g/mol. The molecule has 1 heterocycles. The zero-order chi connectivity index (χ0) is 16.3. The molecule has 0 aliphatic rings. The van der Waals surface area contributed by atoms with E-state index in [1.807, 2.05) is 12.1 Å². The molecule has 0 bridgehead atoms. The maximum atomic E-state index is 10.9. The lowest BCUT2D eigenvalue weighted by Gasteiger charge is -2.06. The van der Waals surface area contributed by atoms with Gasteiger partial charge in [0.15, 0.2) is 0 Å². The van der Waals surface area contributed by atoms with Crippen LogP contribution in [0.2, 0.25) is 0 Å². The van der Waals surface area contributed by atoms with Crippen molar-refractivity contribution in [2.75, 3.05) is 6.67 Å². The second kappa shape index (κ2) is 10.1. The van der Waals surface area contributed by atoms with Crippen molar-refractivity contribution in [2.45, 2.75) is 13.8 Å². The minimum Gasteiger partial charge on any atom is -0.335 e. The van der Waals surface area contributed by atoms with Crippen LogP contribution < -0.4 is 10.6 Å². The van der Waals surface area contributed by atoms with Crippen LogP contribution in [0.1, 0.15) is 19.4 Å². The van der Waals surface area contributed by atoms with E-state index in [-0.39, 0.29) is 18.5 Å². The molecule has 0 saturated heterocycles. The Morgan fingerprint density at radius 2 is 1.52 bits per heavy atom. The van der Waals surface area contributed by atoms with Gasteiger partial charge in [-0.2, -0.15) is 0 Å². The van der Waals surface area contributed by atoms with Gasteiger partial charge in [-0.1, -0.05) is 25.8 Å². The Balaban J connectivity index is 0.000000423. The van der Waals surface area contributed by atoms with Crippen LogP contribution in [0.25, 0.3) is 6.08 Å². The fourth-order valence-electron chi connectivity index (χ4n) is 1.01. The molecule has 2 N–H and O–H groups in total. The largest absolute Gasteiger partial charge is 0.335 e. The molecule has 0 aliphatic heterocycles. The number of aromatic nitrogens is 1. The number of pyridine rings is 1. The molecule has 1 aromatic heterocycles. The first-order chi connectivity index (χ1) is 9.88. The van der Waals surface area contributed by atoms with Crippen LogP contribution in [0, 0.1) is 0 Å². The summed E-state index contributed by atoms with van der Waals surface area (Å²) >= 11 is 0. The Morgan fingerprint density at radius 1 is 1.10 bits per heavy atom. The van der Waals surface area contributed by atoms with Gasteiger partial charge in [-0.25, -0.2) is 0 Å². The summed E-state index contributed by atoms with van der Waals surface area (Å²) in [6, 6.07) is 3.82. The van der Waals surface area contributed by atoms with Crippen molar-refractivity contribution in [1.82, 2.24) is 15.6 Å². The predicted molar refractivity (Wildman–Crippen MR) is 85.1 cm³/mol. The molecule has 5 nitrogen and oxygen atoms in total. The summed E-state index contributed by atoms with van der Waals surface area (Å²) in [5.41, 5.74) is 1.93. The van der Waals surface area contributed by atoms with Crippen LogP contribution in [0.15, 0.2) is 55.4 Å². The number of nitrogens with one attached hydrogen (secondary N) is 2. The molecule has 112 valence electrons. The number of hydrogen-bond donors (Lipinski definition) is 2. The van der Waals surface area contributed by atoms with Crippen molar-refractivity contribution in [3.8, 4) is 0 Å². The molecule has 1 rings (SSSR count). The molecule has 0 aromatic carbocycles. The molecule has 0 saturated carbocycles. The highest BCUT2D eigenvalue weighted by atomic mass is 16.2. The van der Waals surface area contributed by atoms with E-state index in [0.29, 0.717) is 11.1 Å². The second-order valence-corrected chi connectivity index (χ2v) is 4.23. The van der Waals surface area contributed by atoms with Gasteiger partial charge in [0.2, 0.25) is 11.8 Å². The van der Waals surface area contributed by atoms with Crippen LogP contribution in [0.5, 0.6) is 0 Å². The molecule has 21 heavy (non-hydrogen) atoms. The summed E-state index contributed by atoms with van der Waals surface area (Å²) in [5.74, 6) is -0.552. The van der Waals surface area contributed by atoms with Gasteiger partial charge < -0.3 is 10.6 Å². The molecule has 0 radical (unpaired) electrons. The van der Waals surface area contributed by atoms with Gasteiger partial charge in [0.1, 0.15) is 0 Å². The fraction of sp³-hybridized carbons (Fsp3) is 0.188. The number of rotatable bonds is 5. The lowest BCUT2D eigenvalue weighted by molar-refractivity contribution is -0.119. The third-order valence-corrected chi connectivity index (χ3v) is 2.21. The van der Waals surface area contributed by atoms with Gasteiger partial charge in [-0.3, -0.25) is 14.6 Å². The Kier molecular flexibility index (Phi) is 8.84. The first kappa shape index (κ1) is 18.3. The van der Waals surface area contributed by atoms with E-state index < -0.39 is 0 Å². The number of nitrogens with zero attached hydrogens (tertiary/aromatic N) is 1. The molecule has 1 aromatic rings. The van der Waals surface area contributed by atoms with Crippen LogP contribution in [-0.2, 0) is 9.59 Å². The zero-order valence-electron chi connectivity index (χ0n) is 12.5. The molecule has 0 unspecified atom stereocenters. The third kappa shape index (κ3) is 8.93. The van der Waals surface area contributed by atoms with Crippen molar-refractivity contribution in [3.05, 3.63) is 61.0 Å². The molecule has 5 heteroatoms. The first-order valence-corrected chi connectivity index (χ1v) is 6.28. The van der Waals surface area contributed by atoms with Gasteiger partial charge in [0.05, 0.1) is 6.67 Å². The SMILES string of the molecule is C=C(C)C(=O)NCNC(=O)C(=C)C.C=Cc1ccncc1. The van der Waals surface area contributed by atoms with Crippen molar-refractivity contribution in [3.63, 3.8) is 0 Å². The summed E-state index contributed by atoms with van der Waals surface area (Å²) in [5, 5.41) is 4.91. The predicted octanol–water partition coefficient (Wildman–Crippen LogP) is 2.05. The van der Waals surface area contributed by atoms with Crippen LogP contribution in [0.4, 0.5) is 0 Å². The fourth-order valence-corrected chi connectivity index (χ4v) is 1.01. The maximum absolute atomic E-state index is 10.9. The Hall–Kier alpha value is -2.69. The van der Waals surface area contributed by atoms with Crippen molar-refractivity contribution in [2.24, 2.45) is 0 Å². The van der Waals surface area contributed by atoms with Gasteiger partial charge in [-0.15, -0.1) is 0 Å². The lowest BCUT2D eigenvalue weighted by Crippen LogP contribution is -2.37. The van der Waals surface area contributed by atoms with E-state index >= 15 is 0 Å². The van der Waals surface area contributed by atoms with Crippen LogP contribution in [0.3, 0.4) is 0 Å². The van der Waals surface area contributed by atoms with Crippen molar-refractivity contribution < 1.29 is 9.59 Å². The monoisotopic (exact) mass is 287 g/mol. The molecule has 0 atom stereocenters. The van der Waals surface area contributed by atoms with E-state index in [0.717, 1.165) is 5.56 Å². The number of carbonyl (C=O) groups is 2. The van der Waals surface area contributed by atoms with Crippen LogP contribution in [-0.4, -0.2) is 23.5 Å². The molecule has 0 aliphatic carbocycles. The van der Waals surface area contributed by atoms with E-state index in [9.17, 15) is 9.59 Å². The topological polar surface area (TPSA) is 71.1 Å². The Labute approximate surface area is 125 Å². The number of amides is 2. The second-order valence-electron chi connectivity index (χ2n) is 4.23. The average molecular weight is 287 g/mol. The third-order valence-electron chi connectivity index (χ3n) is 2.21. The van der Waals surface area contributed by atoms with Crippen molar-refractivity contribution >= 4 is 17.9 Å². The summed E-state index contributed by atoms with van der Waals surface area (Å²) < 4.78 is 0. The lowest BCUT2D eigenvalue weighted by atomic mass is 10.3. The first-order valence-electron chi connectivity index (χ1n) is 6.28. The maximum Gasteiger partial charge on any atom is 0.247 e. The van der Waals surface area contributed by atoms with Gasteiger partial charge in [-0.05, 0) is 31.5 Å². The minimum absolute atomic E-state index is 0.0946. The Morgan fingerprint density at radius 3 is 1.81 bits per heavy atom. The summed E-state index contributed by atoms with van der Waals surface area (Å²) in [6.45, 7) is 13.8. The average Bonchev–Trinajstić information content (AvgIpc) is 2.48. The quantitative estimate of drug-likeness (QED) is 0.643. The highest BCUT2D eigenvalue weighted by Gasteiger charge is 2.02. The van der Waals surface area contributed by atoms with Crippen LogP contribution >= 0.6 is 0 Å².